The molecule has 0 saturated heterocycles. The summed E-state index contributed by atoms with van der Waals surface area (Å²) in [4.78, 5) is 0. The molecular weight excluding hydrogens is 280 g/mol. The molecular formula is C9H13BrN2O2S. The van der Waals surface area contributed by atoms with Crippen LogP contribution in [0, 0.1) is 0 Å². The predicted octanol–water partition coefficient (Wildman–Crippen LogP) is 2.10. The normalized spacial score (nSPS) is 11.7. The van der Waals surface area contributed by atoms with Gasteiger partial charge in [0.25, 0.3) is 10.2 Å². The van der Waals surface area contributed by atoms with E-state index in [0.717, 1.165) is 4.47 Å². The van der Waals surface area contributed by atoms with Crippen molar-refractivity contribution in [1.29, 1.82) is 0 Å². The number of nitrogens with one attached hydrogen (secondary N) is 2. The van der Waals surface area contributed by atoms with Crippen LogP contribution in [0.25, 0.3) is 0 Å². The first kappa shape index (κ1) is 12.5. The minimum Gasteiger partial charge on any atom is -0.271 e. The maximum absolute atomic E-state index is 11.5. The molecule has 0 saturated carbocycles. The van der Waals surface area contributed by atoms with Gasteiger partial charge < -0.3 is 0 Å². The molecule has 1 aromatic carbocycles. The smallest absolute Gasteiger partial charge is 0.271 e. The SMILES string of the molecule is CC(C)NS(=O)(=O)Nc1cccc(Br)c1. The Labute approximate surface area is 98.4 Å². The highest BCUT2D eigenvalue weighted by Crippen LogP contribution is 2.16. The molecule has 0 aliphatic heterocycles. The lowest BCUT2D eigenvalue weighted by atomic mass is 10.3. The van der Waals surface area contributed by atoms with Crippen molar-refractivity contribution in [2.75, 3.05) is 4.72 Å². The summed E-state index contributed by atoms with van der Waals surface area (Å²) in [7, 11) is -3.47. The molecule has 0 atom stereocenters. The Morgan fingerprint density at radius 3 is 2.53 bits per heavy atom. The third kappa shape index (κ3) is 4.63. The van der Waals surface area contributed by atoms with Crippen LogP contribution < -0.4 is 9.44 Å². The number of rotatable bonds is 4. The van der Waals surface area contributed by atoms with Gasteiger partial charge in [-0.25, -0.2) is 0 Å². The van der Waals surface area contributed by atoms with Gasteiger partial charge in [0, 0.05) is 10.5 Å². The Bertz CT molecular complexity index is 431. The second-order valence-electron chi connectivity index (χ2n) is 3.39. The van der Waals surface area contributed by atoms with E-state index in [2.05, 4.69) is 25.4 Å². The molecule has 4 nitrogen and oxygen atoms in total. The second kappa shape index (κ2) is 4.96. The molecule has 0 aromatic heterocycles. The van der Waals surface area contributed by atoms with E-state index in [9.17, 15) is 8.42 Å². The maximum atomic E-state index is 11.5. The molecule has 0 unspecified atom stereocenters. The van der Waals surface area contributed by atoms with Gasteiger partial charge in [-0.2, -0.15) is 13.1 Å². The minimum atomic E-state index is -3.47. The van der Waals surface area contributed by atoms with Crippen molar-refractivity contribution in [2.45, 2.75) is 19.9 Å². The molecule has 0 heterocycles. The molecule has 6 heteroatoms. The summed E-state index contributed by atoms with van der Waals surface area (Å²) in [5.74, 6) is 0. The molecule has 84 valence electrons. The van der Waals surface area contributed by atoms with Gasteiger partial charge in [-0.15, -0.1) is 0 Å². The fourth-order valence-electron chi connectivity index (χ4n) is 1.05. The van der Waals surface area contributed by atoms with Crippen molar-refractivity contribution in [1.82, 2.24) is 4.72 Å². The average Bonchev–Trinajstić information content (AvgIpc) is 1.99. The van der Waals surface area contributed by atoms with Crippen molar-refractivity contribution in [3.63, 3.8) is 0 Å². The van der Waals surface area contributed by atoms with Gasteiger partial charge in [0.05, 0.1) is 5.69 Å². The van der Waals surface area contributed by atoms with Crippen LogP contribution in [0.2, 0.25) is 0 Å². The molecule has 0 fully saturated rings. The molecule has 0 aliphatic rings. The summed E-state index contributed by atoms with van der Waals surface area (Å²) in [6, 6.07) is 6.84. The predicted molar refractivity (Wildman–Crippen MR) is 65.0 cm³/mol. The fraction of sp³-hybridized carbons (Fsp3) is 0.333. The van der Waals surface area contributed by atoms with Gasteiger partial charge in [0.15, 0.2) is 0 Å². The lowest BCUT2D eigenvalue weighted by Crippen LogP contribution is -2.35. The molecule has 15 heavy (non-hydrogen) atoms. The molecule has 1 aromatic rings. The first-order valence-corrected chi connectivity index (χ1v) is 6.72. The Balaban J connectivity index is 2.78. The second-order valence-corrected chi connectivity index (χ2v) is 5.75. The zero-order chi connectivity index (χ0) is 11.5. The number of halogens is 1. The number of hydrogen-bond acceptors (Lipinski definition) is 2. The fourth-order valence-corrected chi connectivity index (χ4v) is 2.56. The van der Waals surface area contributed by atoms with Crippen molar-refractivity contribution in [2.24, 2.45) is 0 Å². The van der Waals surface area contributed by atoms with Crippen LogP contribution in [0.5, 0.6) is 0 Å². The van der Waals surface area contributed by atoms with Gasteiger partial charge in [0.1, 0.15) is 0 Å². The largest absolute Gasteiger partial charge is 0.299 e. The highest BCUT2D eigenvalue weighted by atomic mass is 79.9. The van der Waals surface area contributed by atoms with Gasteiger partial charge in [-0.1, -0.05) is 22.0 Å². The quantitative estimate of drug-likeness (QED) is 0.893. The topological polar surface area (TPSA) is 58.2 Å². The molecule has 0 aliphatic carbocycles. The number of anilines is 1. The number of benzene rings is 1. The summed E-state index contributed by atoms with van der Waals surface area (Å²) < 4.78 is 28.6. The van der Waals surface area contributed by atoms with E-state index in [1.165, 1.54) is 0 Å². The summed E-state index contributed by atoms with van der Waals surface area (Å²) in [6.45, 7) is 3.53. The zero-order valence-corrected chi connectivity index (χ0v) is 10.9. The first-order valence-electron chi connectivity index (χ1n) is 4.45. The summed E-state index contributed by atoms with van der Waals surface area (Å²) in [5, 5.41) is 0. The van der Waals surface area contributed by atoms with E-state index in [0.29, 0.717) is 5.69 Å². The van der Waals surface area contributed by atoms with E-state index in [4.69, 9.17) is 0 Å². The molecule has 1 rings (SSSR count). The zero-order valence-electron chi connectivity index (χ0n) is 8.49. The van der Waals surface area contributed by atoms with E-state index >= 15 is 0 Å². The minimum absolute atomic E-state index is 0.130. The first-order chi connectivity index (χ1) is 6.89. The van der Waals surface area contributed by atoms with Crippen LogP contribution in [0.4, 0.5) is 5.69 Å². The highest BCUT2D eigenvalue weighted by molar-refractivity contribution is 9.10. The Morgan fingerprint density at radius 1 is 1.33 bits per heavy atom. The summed E-state index contributed by atoms with van der Waals surface area (Å²) in [6.07, 6.45) is 0. The molecule has 0 amide bonds. The lowest BCUT2D eigenvalue weighted by Gasteiger charge is -2.11. The average molecular weight is 293 g/mol. The standard InChI is InChI=1S/C9H13BrN2O2S/c1-7(2)11-15(13,14)12-9-5-3-4-8(10)6-9/h3-7,11-12H,1-2H3. The molecule has 0 radical (unpaired) electrons. The van der Waals surface area contributed by atoms with Crippen LogP contribution in [0.1, 0.15) is 13.8 Å². The maximum Gasteiger partial charge on any atom is 0.299 e. The summed E-state index contributed by atoms with van der Waals surface area (Å²) >= 11 is 3.27. The van der Waals surface area contributed by atoms with Crippen LogP contribution >= 0.6 is 15.9 Å². The number of hydrogen-bond donors (Lipinski definition) is 2. The van der Waals surface area contributed by atoms with Crippen LogP contribution in [-0.2, 0) is 10.2 Å². The van der Waals surface area contributed by atoms with Crippen LogP contribution in [0.15, 0.2) is 28.7 Å². The van der Waals surface area contributed by atoms with E-state index in [1.54, 1.807) is 32.0 Å². The van der Waals surface area contributed by atoms with E-state index in [1.807, 2.05) is 6.07 Å². The van der Waals surface area contributed by atoms with Crippen molar-refractivity contribution in [3.05, 3.63) is 28.7 Å². The highest BCUT2D eigenvalue weighted by Gasteiger charge is 2.10. The van der Waals surface area contributed by atoms with Crippen molar-refractivity contribution < 1.29 is 8.42 Å². The van der Waals surface area contributed by atoms with Gasteiger partial charge >= 0.3 is 0 Å². The summed E-state index contributed by atoms with van der Waals surface area (Å²) in [5.41, 5.74) is 0.525. The van der Waals surface area contributed by atoms with Crippen LogP contribution in [-0.4, -0.2) is 14.5 Å². The Morgan fingerprint density at radius 2 is 2.00 bits per heavy atom. The van der Waals surface area contributed by atoms with Crippen molar-refractivity contribution >= 4 is 31.8 Å². The molecule has 2 N–H and O–H groups in total. The third-order valence-corrected chi connectivity index (χ3v) is 3.25. The monoisotopic (exact) mass is 292 g/mol. The molecule has 0 bridgehead atoms. The third-order valence-electron chi connectivity index (χ3n) is 1.47. The van der Waals surface area contributed by atoms with Gasteiger partial charge in [-0.05, 0) is 32.0 Å². The molecule has 0 spiro atoms. The van der Waals surface area contributed by atoms with Crippen LogP contribution in [0.3, 0.4) is 0 Å². The Hall–Kier alpha value is -0.590. The van der Waals surface area contributed by atoms with Gasteiger partial charge in [0.2, 0.25) is 0 Å². The van der Waals surface area contributed by atoms with Gasteiger partial charge in [-0.3, -0.25) is 4.72 Å². The Kier molecular flexibility index (Phi) is 4.12. The van der Waals surface area contributed by atoms with Crippen molar-refractivity contribution in [3.8, 4) is 0 Å². The van der Waals surface area contributed by atoms with E-state index < -0.39 is 10.2 Å². The lowest BCUT2D eigenvalue weighted by molar-refractivity contribution is 0.575. The van der Waals surface area contributed by atoms with E-state index in [-0.39, 0.29) is 6.04 Å².